The first kappa shape index (κ1) is 19.3. The monoisotopic (exact) mass is 344 g/mol. The fraction of sp³-hybridized carbons (Fsp3) is 0.429. The summed E-state index contributed by atoms with van der Waals surface area (Å²) in [5.74, 6) is 1.93. The summed E-state index contributed by atoms with van der Waals surface area (Å²) in [6, 6.07) is 16.3. The predicted molar refractivity (Wildman–Crippen MR) is 99.4 cm³/mol. The van der Waals surface area contributed by atoms with Gasteiger partial charge in [0.25, 0.3) is 0 Å². The molecule has 0 atom stereocenters. The summed E-state index contributed by atoms with van der Waals surface area (Å²) in [6.07, 6.45) is 2.24. The average Bonchev–Trinajstić information content (AvgIpc) is 2.64. The van der Waals surface area contributed by atoms with E-state index in [0.29, 0.717) is 26.1 Å². The van der Waals surface area contributed by atoms with Gasteiger partial charge in [0.05, 0.1) is 13.2 Å². The summed E-state index contributed by atoms with van der Waals surface area (Å²) < 4.78 is 11.4. The third-order valence-corrected chi connectivity index (χ3v) is 4.07. The molecular formula is C21H28O4. The maximum absolute atomic E-state index is 8.87. The molecule has 0 saturated carbocycles. The molecule has 0 unspecified atom stereocenters. The molecule has 0 aromatic heterocycles. The number of aliphatic hydroxyl groups excluding tert-OH is 2. The van der Waals surface area contributed by atoms with Crippen LogP contribution < -0.4 is 9.47 Å². The molecule has 25 heavy (non-hydrogen) atoms. The smallest absolute Gasteiger partial charge is 0.119 e. The number of hydrogen-bond acceptors (Lipinski definition) is 4. The van der Waals surface area contributed by atoms with E-state index in [1.165, 1.54) is 11.1 Å². The van der Waals surface area contributed by atoms with E-state index in [1.54, 1.807) is 0 Å². The predicted octanol–water partition coefficient (Wildman–Crippen LogP) is 3.75. The van der Waals surface area contributed by atoms with Gasteiger partial charge in [-0.1, -0.05) is 31.2 Å². The highest BCUT2D eigenvalue weighted by Crippen LogP contribution is 2.31. The topological polar surface area (TPSA) is 58.9 Å². The molecule has 2 N–H and O–H groups in total. The Bertz CT molecular complexity index is 573. The molecule has 4 heteroatoms. The summed E-state index contributed by atoms with van der Waals surface area (Å²) in [4.78, 5) is 0. The van der Waals surface area contributed by atoms with Crippen LogP contribution in [0.2, 0.25) is 0 Å². The molecule has 0 aliphatic rings. The summed E-state index contributed by atoms with van der Waals surface area (Å²) >= 11 is 0. The molecule has 4 nitrogen and oxygen atoms in total. The molecule has 2 rings (SSSR count). The Balaban J connectivity index is 2.13. The molecule has 0 aliphatic heterocycles. The van der Waals surface area contributed by atoms with E-state index in [9.17, 15) is 0 Å². The second kappa shape index (κ2) is 10.7. The van der Waals surface area contributed by atoms with E-state index in [4.69, 9.17) is 19.7 Å². The third kappa shape index (κ3) is 6.07. The molecule has 0 spiro atoms. The number of aliphatic hydroxyl groups is 2. The quantitative estimate of drug-likeness (QED) is 0.610. The van der Waals surface area contributed by atoms with E-state index >= 15 is 0 Å². The standard InChI is InChI=1S/C21H28O4/c1-2-21(17-7-3-9-19(15-17)24-13-5-11-22)18-8-4-10-20(16-18)25-14-6-12-23/h3-4,7-10,15-16,21-23H,2,5-6,11-14H2,1H3. The second-order valence-corrected chi connectivity index (χ2v) is 5.96. The van der Waals surface area contributed by atoms with Gasteiger partial charge in [0.2, 0.25) is 0 Å². The minimum atomic E-state index is 0.139. The Kier molecular flexibility index (Phi) is 8.29. The maximum atomic E-state index is 8.87. The molecule has 2 aromatic carbocycles. The van der Waals surface area contributed by atoms with Crippen molar-refractivity contribution < 1.29 is 19.7 Å². The van der Waals surface area contributed by atoms with Gasteiger partial charge in [-0.3, -0.25) is 0 Å². The van der Waals surface area contributed by atoms with Crippen LogP contribution in [0.3, 0.4) is 0 Å². The van der Waals surface area contributed by atoms with E-state index in [1.807, 2.05) is 24.3 Å². The van der Waals surface area contributed by atoms with Gasteiger partial charge in [0.1, 0.15) is 11.5 Å². The molecule has 0 bridgehead atoms. The molecule has 2 aromatic rings. The fourth-order valence-corrected chi connectivity index (χ4v) is 2.82. The van der Waals surface area contributed by atoms with Crippen LogP contribution in [0, 0.1) is 0 Å². The highest BCUT2D eigenvalue weighted by molar-refractivity contribution is 5.40. The van der Waals surface area contributed by atoms with Crippen LogP contribution in [-0.2, 0) is 0 Å². The lowest BCUT2D eigenvalue weighted by atomic mass is 9.89. The van der Waals surface area contributed by atoms with Crippen LogP contribution in [0.15, 0.2) is 48.5 Å². The van der Waals surface area contributed by atoms with Gasteiger partial charge in [0, 0.05) is 32.0 Å². The highest BCUT2D eigenvalue weighted by atomic mass is 16.5. The first-order valence-corrected chi connectivity index (χ1v) is 8.95. The fourth-order valence-electron chi connectivity index (χ4n) is 2.82. The van der Waals surface area contributed by atoms with Gasteiger partial charge in [-0.15, -0.1) is 0 Å². The molecule has 136 valence electrons. The molecular weight excluding hydrogens is 316 g/mol. The first-order chi connectivity index (χ1) is 12.3. The van der Waals surface area contributed by atoms with Gasteiger partial charge in [0.15, 0.2) is 0 Å². The average molecular weight is 344 g/mol. The maximum Gasteiger partial charge on any atom is 0.119 e. The zero-order valence-corrected chi connectivity index (χ0v) is 14.9. The molecule has 0 aliphatic carbocycles. The van der Waals surface area contributed by atoms with Crippen LogP contribution in [0.1, 0.15) is 43.2 Å². The number of rotatable bonds is 11. The summed E-state index contributed by atoms with van der Waals surface area (Å²) in [7, 11) is 0. The van der Waals surface area contributed by atoms with Crippen LogP contribution in [0.5, 0.6) is 11.5 Å². The van der Waals surface area contributed by atoms with Gasteiger partial charge in [-0.05, 0) is 41.8 Å². The normalized spacial score (nSPS) is 10.9. The van der Waals surface area contributed by atoms with Crippen LogP contribution in [-0.4, -0.2) is 36.6 Å². The number of benzene rings is 2. The Morgan fingerprint density at radius 1 is 0.800 bits per heavy atom. The Hall–Kier alpha value is -2.04. The lowest BCUT2D eigenvalue weighted by Crippen LogP contribution is -2.04. The second-order valence-electron chi connectivity index (χ2n) is 5.96. The van der Waals surface area contributed by atoms with Crippen molar-refractivity contribution in [2.24, 2.45) is 0 Å². The number of hydrogen-bond donors (Lipinski definition) is 2. The third-order valence-electron chi connectivity index (χ3n) is 4.07. The molecule has 0 amide bonds. The van der Waals surface area contributed by atoms with Crippen molar-refractivity contribution >= 4 is 0 Å². The van der Waals surface area contributed by atoms with Crippen LogP contribution >= 0.6 is 0 Å². The van der Waals surface area contributed by atoms with Crippen LogP contribution in [0.4, 0.5) is 0 Å². The minimum absolute atomic E-state index is 0.139. The Morgan fingerprint density at radius 2 is 1.28 bits per heavy atom. The zero-order chi connectivity index (χ0) is 17.9. The molecule has 0 fully saturated rings. The summed E-state index contributed by atoms with van der Waals surface area (Å²) in [5, 5.41) is 17.7. The highest BCUT2D eigenvalue weighted by Gasteiger charge is 2.14. The molecule has 0 heterocycles. The Morgan fingerprint density at radius 3 is 1.68 bits per heavy atom. The van der Waals surface area contributed by atoms with Crippen molar-refractivity contribution in [3.63, 3.8) is 0 Å². The van der Waals surface area contributed by atoms with E-state index in [-0.39, 0.29) is 19.1 Å². The van der Waals surface area contributed by atoms with Crippen LogP contribution in [0.25, 0.3) is 0 Å². The Labute approximate surface area is 150 Å². The first-order valence-electron chi connectivity index (χ1n) is 8.95. The van der Waals surface area contributed by atoms with Crippen molar-refractivity contribution in [1.82, 2.24) is 0 Å². The number of ether oxygens (including phenoxy) is 2. The van der Waals surface area contributed by atoms with Gasteiger partial charge < -0.3 is 19.7 Å². The zero-order valence-electron chi connectivity index (χ0n) is 14.9. The lowest BCUT2D eigenvalue weighted by Gasteiger charge is -2.18. The van der Waals surface area contributed by atoms with E-state index < -0.39 is 0 Å². The van der Waals surface area contributed by atoms with Gasteiger partial charge >= 0.3 is 0 Å². The van der Waals surface area contributed by atoms with Crippen molar-refractivity contribution in [1.29, 1.82) is 0 Å². The van der Waals surface area contributed by atoms with E-state index in [2.05, 4.69) is 31.2 Å². The molecule has 0 saturated heterocycles. The van der Waals surface area contributed by atoms with Crippen molar-refractivity contribution in [3.05, 3.63) is 59.7 Å². The van der Waals surface area contributed by atoms with E-state index in [0.717, 1.165) is 17.9 Å². The summed E-state index contributed by atoms with van der Waals surface area (Å²) in [5.41, 5.74) is 2.41. The van der Waals surface area contributed by atoms with Gasteiger partial charge in [-0.2, -0.15) is 0 Å². The SMILES string of the molecule is CCC(c1cccc(OCCCO)c1)c1cccc(OCCCO)c1. The molecule has 0 radical (unpaired) electrons. The largest absolute Gasteiger partial charge is 0.493 e. The van der Waals surface area contributed by atoms with Crippen molar-refractivity contribution in [2.45, 2.75) is 32.1 Å². The van der Waals surface area contributed by atoms with Crippen molar-refractivity contribution in [3.8, 4) is 11.5 Å². The van der Waals surface area contributed by atoms with Gasteiger partial charge in [-0.25, -0.2) is 0 Å². The minimum Gasteiger partial charge on any atom is -0.493 e. The summed E-state index contributed by atoms with van der Waals surface area (Å²) in [6.45, 7) is 3.49. The lowest BCUT2D eigenvalue weighted by molar-refractivity contribution is 0.233. The van der Waals surface area contributed by atoms with Crippen molar-refractivity contribution in [2.75, 3.05) is 26.4 Å².